The number of carbonyl (C=O) groups excluding carboxylic acids is 1. The summed E-state index contributed by atoms with van der Waals surface area (Å²) in [5, 5.41) is 41.5. The zero-order valence-corrected chi connectivity index (χ0v) is 10.3. The maximum atomic E-state index is 14.0. The van der Waals surface area contributed by atoms with E-state index in [9.17, 15) is 29.6 Å². The summed E-state index contributed by atoms with van der Waals surface area (Å²) < 4.78 is 14.0. The summed E-state index contributed by atoms with van der Waals surface area (Å²) in [4.78, 5) is 12.0. The summed E-state index contributed by atoms with van der Waals surface area (Å²) in [5.74, 6) is -2.45. The topological polar surface area (TPSA) is 110 Å². The van der Waals surface area contributed by atoms with Crippen molar-refractivity contribution in [3.8, 4) is 5.75 Å². The lowest BCUT2D eigenvalue weighted by Crippen LogP contribution is -2.61. The summed E-state index contributed by atoms with van der Waals surface area (Å²) in [5.41, 5.74) is -0.203. The van der Waals surface area contributed by atoms with Crippen LogP contribution in [0.25, 0.3) is 0 Å². The van der Waals surface area contributed by atoms with E-state index in [0.29, 0.717) is 0 Å². The molecule has 5 atom stereocenters. The van der Waals surface area contributed by atoms with Gasteiger partial charge >= 0.3 is 0 Å². The van der Waals surface area contributed by atoms with Crippen LogP contribution in [0.15, 0.2) is 12.1 Å². The van der Waals surface area contributed by atoms with Crippen molar-refractivity contribution in [1.29, 1.82) is 0 Å². The Morgan fingerprint density at radius 2 is 1.90 bits per heavy atom. The first-order valence-electron chi connectivity index (χ1n) is 6.28. The van der Waals surface area contributed by atoms with Crippen molar-refractivity contribution in [2.24, 2.45) is 0 Å². The standard InChI is InChI=1S/C13H14FNO5/c14-5-1-2-6(16)9-8(5)4-3-7(17)11(18)12(19)10(4)15-13(9)20/h1-2,4,7,10-12,16-19H,3H2,(H,15,20)/t4-,7+,10-,11-,12+/m1/s1. The zero-order valence-electron chi connectivity index (χ0n) is 10.3. The van der Waals surface area contributed by atoms with Gasteiger partial charge in [0.2, 0.25) is 0 Å². The number of nitrogens with one attached hydrogen (secondary N) is 1. The Hall–Kier alpha value is -1.70. The highest BCUT2D eigenvalue weighted by Crippen LogP contribution is 2.42. The van der Waals surface area contributed by atoms with E-state index in [0.717, 1.165) is 12.1 Å². The molecule has 1 fully saturated rings. The van der Waals surface area contributed by atoms with Gasteiger partial charge < -0.3 is 25.7 Å². The van der Waals surface area contributed by atoms with E-state index in [-0.39, 0.29) is 23.3 Å². The van der Waals surface area contributed by atoms with Gasteiger partial charge in [0.25, 0.3) is 5.91 Å². The number of aliphatic hydroxyl groups is 3. The molecule has 0 unspecified atom stereocenters. The van der Waals surface area contributed by atoms with Gasteiger partial charge in [-0.15, -0.1) is 0 Å². The second-order valence-corrected chi connectivity index (χ2v) is 5.25. The number of carbonyl (C=O) groups is 1. The molecule has 5 N–H and O–H groups in total. The van der Waals surface area contributed by atoms with Crippen LogP contribution in [0.1, 0.15) is 28.3 Å². The molecule has 3 rings (SSSR count). The number of hydrogen-bond donors (Lipinski definition) is 5. The van der Waals surface area contributed by atoms with Crippen LogP contribution in [0.5, 0.6) is 5.75 Å². The van der Waals surface area contributed by atoms with Gasteiger partial charge in [-0.2, -0.15) is 0 Å². The average Bonchev–Trinajstić information content (AvgIpc) is 2.41. The van der Waals surface area contributed by atoms with Crippen molar-refractivity contribution in [2.45, 2.75) is 36.7 Å². The minimum Gasteiger partial charge on any atom is -0.507 e. The maximum Gasteiger partial charge on any atom is 0.255 e. The Morgan fingerprint density at radius 3 is 2.60 bits per heavy atom. The van der Waals surface area contributed by atoms with Crippen LogP contribution in [0.4, 0.5) is 4.39 Å². The zero-order chi connectivity index (χ0) is 14.6. The van der Waals surface area contributed by atoms with Crippen LogP contribution < -0.4 is 5.32 Å². The summed E-state index contributed by atoms with van der Waals surface area (Å²) in [6.45, 7) is 0. The monoisotopic (exact) mass is 283 g/mol. The number of aliphatic hydroxyl groups excluding tert-OH is 3. The quantitative estimate of drug-likeness (QED) is 0.429. The third-order valence-electron chi connectivity index (χ3n) is 4.11. The molecule has 1 saturated carbocycles. The van der Waals surface area contributed by atoms with E-state index in [2.05, 4.69) is 5.32 Å². The van der Waals surface area contributed by atoms with Gasteiger partial charge in [0, 0.05) is 11.5 Å². The Bertz CT molecular complexity index is 578. The number of aromatic hydroxyl groups is 1. The molecule has 20 heavy (non-hydrogen) atoms. The Morgan fingerprint density at radius 1 is 1.20 bits per heavy atom. The van der Waals surface area contributed by atoms with Gasteiger partial charge in [-0.3, -0.25) is 4.79 Å². The van der Waals surface area contributed by atoms with Crippen molar-refractivity contribution < 1.29 is 29.6 Å². The average molecular weight is 283 g/mol. The van der Waals surface area contributed by atoms with Crippen LogP contribution in [-0.4, -0.2) is 50.7 Å². The highest BCUT2D eigenvalue weighted by molar-refractivity contribution is 6.00. The molecular weight excluding hydrogens is 269 g/mol. The molecular formula is C13H14FNO5. The number of hydrogen-bond acceptors (Lipinski definition) is 5. The van der Waals surface area contributed by atoms with Crippen molar-refractivity contribution >= 4 is 5.91 Å². The van der Waals surface area contributed by atoms with E-state index in [1.165, 1.54) is 0 Å². The first-order chi connectivity index (χ1) is 9.41. The van der Waals surface area contributed by atoms with Gasteiger partial charge in [-0.05, 0) is 18.6 Å². The predicted molar refractivity (Wildman–Crippen MR) is 64.7 cm³/mol. The number of fused-ring (bicyclic) bond motifs is 3. The molecule has 7 heteroatoms. The van der Waals surface area contributed by atoms with Gasteiger partial charge in [-0.25, -0.2) is 4.39 Å². The second kappa shape index (κ2) is 4.41. The maximum absolute atomic E-state index is 14.0. The summed E-state index contributed by atoms with van der Waals surface area (Å²) in [7, 11) is 0. The van der Waals surface area contributed by atoms with Gasteiger partial charge in [0.15, 0.2) is 0 Å². The van der Waals surface area contributed by atoms with Crippen molar-refractivity contribution in [3.63, 3.8) is 0 Å². The Balaban J connectivity index is 2.15. The number of halogens is 1. The number of phenolic OH excluding ortho intramolecular Hbond substituents is 1. The smallest absolute Gasteiger partial charge is 0.255 e. The first-order valence-corrected chi connectivity index (χ1v) is 6.28. The van der Waals surface area contributed by atoms with Crippen LogP contribution in [0.3, 0.4) is 0 Å². The molecule has 1 amide bonds. The largest absolute Gasteiger partial charge is 0.507 e. The van der Waals surface area contributed by atoms with E-state index >= 15 is 0 Å². The first kappa shape index (κ1) is 13.3. The van der Waals surface area contributed by atoms with Gasteiger partial charge in [-0.1, -0.05) is 0 Å². The van der Waals surface area contributed by atoms with Crippen LogP contribution in [0.2, 0.25) is 0 Å². The van der Waals surface area contributed by atoms with Crippen LogP contribution >= 0.6 is 0 Å². The predicted octanol–water partition coefficient (Wildman–Crippen LogP) is -0.787. The van der Waals surface area contributed by atoms with Crippen LogP contribution in [0, 0.1) is 5.82 Å². The molecule has 1 aromatic rings. The third-order valence-corrected chi connectivity index (χ3v) is 4.11. The molecule has 6 nitrogen and oxygen atoms in total. The molecule has 108 valence electrons. The molecule has 0 bridgehead atoms. The minimum absolute atomic E-state index is 0.0173. The molecule has 1 aliphatic heterocycles. The lowest BCUT2D eigenvalue weighted by Gasteiger charge is -2.44. The Kier molecular flexibility index (Phi) is 2.93. The molecule has 0 saturated heterocycles. The number of amides is 1. The summed E-state index contributed by atoms with van der Waals surface area (Å²) >= 11 is 0. The Labute approximate surface area is 113 Å². The molecule has 1 heterocycles. The van der Waals surface area contributed by atoms with E-state index in [1.807, 2.05) is 0 Å². The minimum atomic E-state index is -1.40. The van der Waals surface area contributed by atoms with Crippen molar-refractivity contribution in [3.05, 3.63) is 29.1 Å². The SMILES string of the molecule is O=C1N[C@H]2[C@H](O)[C@H](O)[C@@H](O)C[C@@H]2c2c(F)ccc(O)c21. The van der Waals surface area contributed by atoms with E-state index < -0.39 is 42.0 Å². The lowest BCUT2D eigenvalue weighted by atomic mass is 9.72. The summed E-state index contributed by atoms with van der Waals surface area (Å²) in [6, 6.07) is 1.22. The lowest BCUT2D eigenvalue weighted by molar-refractivity contribution is -0.104. The molecule has 0 spiro atoms. The summed E-state index contributed by atoms with van der Waals surface area (Å²) in [6.07, 6.45) is -4.05. The fraction of sp³-hybridized carbons (Fsp3) is 0.462. The fourth-order valence-corrected chi connectivity index (χ4v) is 3.11. The molecule has 1 aromatic carbocycles. The van der Waals surface area contributed by atoms with Gasteiger partial charge in [0.05, 0.1) is 17.7 Å². The highest BCUT2D eigenvalue weighted by atomic mass is 19.1. The van der Waals surface area contributed by atoms with Crippen molar-refractivity contribution in [1.82, 2.24) is 5.32 Å². The normalized spacial score (nSPS) is 36.0. The van der Waals surface area contributed by atoms with Crippen molar-refractivity contribution in [2.75, 3.05) is 0 Å². The van der Waals surface area contributed by atoms with E-state index in [1.54, 1.807) is 0 Å². The number of benzene rings is 1. The molecule has 0 radical (unpaired) electrons. The van der Waals surface area contributed by atoms with E-state index in [4.69, 9.17) is 0 Å². The highest BCUT2D eigenvalue weighted by Gasteiger charge is 2.49. The number of phenols is 1. The molecule has 2 aliphatic rings. The fourth-order valence-electron chi connectivity index (χ4n) is 3.11. The molecule has 0 aromatic heterocycles. The third kappa shape index (κ3) is 1.71. The second-order valence-electron chi connectivity index (χ2n) is 5.25. The number of rotatable bonds is 0. The van der Waals surface area contributed by atoms with Gasteiger partial charge in [0.1, 0.15) is 23.8 Å². The molecule has 1 aliphatic carbocycles. The van der Waals surface area contributed by atoms with Crippen LogP contribution in [-0.2, 0) is 0 Å².